The van der Waals surface area contributed by atoms with Crippen LogP contribution in [-0.2, 0) is 5.41 Å². The normalized spacial score (nSPS) is 13.3. The molecule has 0 radical (unpaired) electrons. The van der Waals surface area contributed by atoms with E-state index in [0.29, 0.717) is 11.1 Å². The molecule has 2 heterocycles. The fourth-order valence-corrected chi connectivity index (χ4v) is 7.92. The van der Waals surface area contributed by atoms with Gasteiger partial charge in [-0.3, -0.25) is 4.57 Å². The minimum absolute atomic E-state index is 0.0540. The number of benzene rings is 6. The first-order valence-electron chi connectivity index (χ1n) is 17.3. The second-order valence-electron chi connectivity index (χ2n) is 13.3. The molecule has 0 saturated carbocycles. The fraction of sp³-hybridized carbons (Fsp3) is 0.140. The van der Waals surface area contributed by atoms with Crippen molar-refractivity contribution in [3.63, 3.8) is 0 Å². The molecule has 47 heavy (non-hydrogen) atoms. The van der Waals surface area contributed by atoms with Crippen LogP contribution in [0.4, 0.5) is 4.39 Å². The Hall–Kier alpha value is -5.06. The first kappa shape index (κ1) is 26.1. The molecule has 4 heteroatoms. The van der Waals surface area contributed by atoms with Gasteiger partial charge in [-0.05, 0) is 83.4 Å². The molecule has 8 aromatic rings. The van der Waals surface area contributed by atoms with Crippen molar-refractivity contribution < 1.29 is 8.50 Å². The lowest BCUT2D eigenvalue weighted by Gasteiger charge is -2.23. The molecule has 0 spiro atoms. The number of fused-ring (bicyclic) bond motifs is 4. The number of aryl methyl sites for hydroxylation is 2. The SMILES string of the molecule is [2H]C([2H])([2H])c1ccc(-c2ccc3c(c2)sc2c(-c4nc5cc(F)ccc5n4-c4ccc(C(C)(C)C)cc4-c4ccccc4)ccc(C)c23)cc1. The van der Waals surface area contributed by atoms with Crippen molar-refractivity contribution in [2.45, 2.75) is 40.0 Å². The lowest BCUT2D eigenvalue weighted by molar-refractivity contribution is 0.590. The summed E-state index contributed by atoms with van der Waals surface area (Å²) in [5, 5.41) is 2.32. The topological polar surface area (TPSA) is 17.8 Å². The Bertz CT molecular complexity index is 2570. The van der Waals surface area contributed by atoms with Crippen molar-refractivity contribution in [2.75, 3.05) is 0 Å². The highest BCUT2D eigenvalue weighted by Crippen LogP contribution is 2.45. The summed E-state index contributed by atoms with van der Waals surface area (Å²) in [6.07, 6.45) is 0. The van der Waals surface area contributed by atoms with Gasteiger partial charge in [0.05, 0.1) is 16.7 Å². The van der Waals surface area contributed by atoms with Gasteiger partial charge in [0.2, 0.25) is 0 Å². The molecule has 0 fully saturated rings. The first-order valence-corrected chi connectivity index (χ1v) is 16.6. The minimum Gasteiger partial charge on any atom is -0.292 e. The number of halogens is 1. The van der Waals surface area contributed by atoms with Gasteiger partial charge in [-0.1, -0.05) is 105 Å². The van der Waals surface area contributed by atoms with Gasteiger partial charge in [0.15, 0.2) is 0 Å². The van der Waals surface area contributed by atoms with Crippen LogP contribution in [0.1, 0.15) is 41.6 Å². The summed E-state index contributed by atoms with van der Waals surface area (Å²) in [7, 11) is 0. The van der Waals surface area contributed by atoms with E-state index in [9.17, 15) is 4.39 Å². The minimum atomic E-state index is -2.14. The van der Waals surface area contributed by atoms with Gasteiger partial charge in [-0.2, -0.15) is 0 Å². The lowest BCUT2D eigenvalue weighted by atomic mass is 9.85. The average Bonchev–Trinajstić information content (AvgIpc) is 3.66. The second-order valence-corrected chi connectivity index (χ2v) is 14.3. The van der Waals surface area contributed by atoms with E-state index in [1.54, 1.807) is 23.5 Å². The van der Waals surface area contributed by atoms with Crippen molar-refractivity contribution in [2.24, 2.45) is 0 Å². The van der Waals surface area contributed by atoms with Gasteiger partial charge in [-0.15, -0.1) is 11.3 Å². The Morgan fingerprint density at radius 3 is 2.30 bits per heavy atom. The van der Waals surface area contributed by atoms with Crippen molar-refractivity contribution >= 4 is 42.5 Å². The first-order chi connectivity index (χ1) is 23.9. The highest BCUT2D eigenvalue weighted by molar-refractivity contribution is 7.26. The number of rotatable bonds is 4. The van der Waals surface area contributed by atoms with Crippen LogP contribution in [0.25, 0.3) is 70.5 Å². The van der Waals surface area contributed by atoms with Gasteiger partial charge in [-0.25, -0.2) is 9.37 Å². The standard InChI is InChI=1S/C43H35FN2S/c1-26-11-14-28(15-12-26)30-16-20-33-39(23-30)47-41-34(19-13-27(2)40(33)41)42-45-36-25-32(44)18-22-38(36)46(42)37-21-17-31(43(3,4)5)24-35(37)29-9-7-6-8-10-29/h6-25H,1-5H3/i1D3. The van der Waals surface area contributed by atoms with Crippen LogP contribution in [-0.4, -0.2) is 9.55 Å². The lowest BCUT2D eigenvalue weighted by Crippen LogP contribution is -2.12. The maximum absolute atomic E-state index is 14.7. The largest absolute Gasteiger partial charge is 0.292 e. The van der Waals surface area contributed by atoms with E-state index in [0.717, 1.165) is 65.2 Å². The smallest absolute Gasteiger partial charge is 0.147 e. The van der Waals surface area contributed by atoms with Gasteiger partial charge in [0.1, 0.15) is 11.6 Å². The predicted molar refractivity (Wildman–Crippen MR) is 198 cm³/mol. The summed E-state index contributed by atoms with van der Waals surface area (Å²) in [5.41, 5.74) is 10.2. The summed E-state index contributed by atoms with van der Waals surface area (Å²) in [5.74, 6) is 0.429. The van der Waals surface area contributed by atoms with Crippen molar-refractivity contribution in [3.05, 3.63) is 144 Å². The third-order valence-corrected chi connectivity index (χ3v) is 10.3. The molecule has 0 aliphatic heterocycles. The second kappa shape index (κ2) is 11.0. The van der Waals surface area contributed by atoms with E-state index < -0.39 is 6.85 Å². The van der Waals surface area contributed by atoms with E-state index in [4.69, 9.17) is 9.10 Å². The van der Waals surface area contributed by atoms with E-state index in [2.05, 4.69) is 105 Å². The number of thiophene rings is 1. The molecule has 230 valence electrons. The van der Waals surface area contributed by atoms with E-state index in [1.807, 2.05) is 24.3 Å². The molecular formula is C43H35FN2S. The molecule has 0 aliphatic carbocycles. The molecule has 0 atom stereocenters. The van der Waals surface area contributed by atoms with E-state index in [1.165, 1.54) is 23.1 Å². The third kappa shape index (κ3) is 5.04. The number of hydrogen-bond acceptors (Lipinski definition) is 2. The molecule has 0 bridgehead atoms. The molecule has 0 aliphatic rings. The monoisotopic (exact) mass is 633 g/mol. The third-order valence-electron chi connectivity index (χ3n) is 9.09. The number of imidazole rings is 1. The molecule has 2 nitrogen and oxygen atoms in total. The molecular weight excluding hydrogens is 596 g/mol. The molecule has 0 unspecified atom stereocenters. The average molecular weight is 634 g/mol. The van der Waals surface area contributed by atoms with Gasteiger partial charge in [0.25, 0.3) is 0 Å². The van der Waals surface area contributed by atoms with Crippen LogP contribution >= 0.6 is 11.3 Å². The zero-order chi connectivity index (χ0) is 34.9. The quantitative estimate of drug-likeness (QED) is 0.189. The van der Waals surface area contributed by atoms with Crippen molar-refractivity contribution in [1.29, 1.82) is 0 Å². The highest BCUT2D eigenvalue weighted by Gasteiger charge is 2.23. The zero-order valence-corrected chi connectivity index (χ0v) is 27.5. The van der Waals surface area contributed by atoms with Crippen molar-refractivity contribution in [3.8, 4) is 39.3 Å². The summed E-state index contributed by atoms with van der Waals surface area (Å²) >= 11 is 1.72. The van der Waals surface area contributed by atoms with Gasteiger partial charge >= 0.3 is 0 Å². The van der Waals surface area contributed by atoms with Crippen LogP contribution in [0, 0.1) is 19.6 Å². The Kier molecular flexibility index (Phi) is 6.12. The van der Waals surface area contributed by atoms with Crippen LogP contribution in [0.3, 0.4) is 0 Å². The van der Waals surface area contributed by atoms with Crippen LogP contribution in [0.2, 0.25) is 0 Å². The molecule has 6 aromatic carbocycles. The Morgan fingerprint density at radius 1 is 0.745 bits per heavy atom. The zero-order valence-electron chi connectivity index (χ0n) is 29.7. The van der Waals surface area contributed by atoms with Crippen LogP contribution in [0.15, 0.2) is 121 Å². The summed E-state index contributed by atoms with van der Waals surface area (Å²) in [4.78, 5) is 5.15. The Balaban J connectivity index is 1.37. The fourth-order valence-electron chi connectivity index (χ4n) is 6.59. The summed E-state index contributed by atoms with van der Waals surface area (Å²) in [6, 6.07) is 39.8. The number of hydrogen-bond donors (Lipinski definition) is 0. The molecule has 8 rings (SSSR count). The summed E-state index contributed by atoms with van der Waals surface area (Å²) in [6.45, 7) is 6.66. The number of aromatic nitrogens is 2. The molecule has 0 amide bonds. The molecule has 0 saturated heterocycles. The van der Waals surface area contributed by atoms with E-state index >= 15 is 0 Å². The van der Waals surface area contributed by atoms with Gasteiger partial charge in [0, 0.05) is 41.5 Å². The van der Waals surface area contributed by atoms with Crippen LogP contribution in [0.5, 0.6) is 0 Å². The Morgan fingerprint density at radius 2 is 1.53 bits per heavy atom. The predicted octanol–water partition coefficient (Wildman–Crippen LogP) is 12.4. The molecule has 0 N–H and O–H groups in total. The van der Waals surface area contributed by atoms with E-state index in [-0.39, 0.29) is 11.2 Å². The molecule has 2 aromatic heterocycles. The van der Waals surface area contributed by atoms with Gasteiger partial charge < -0.3 is 0 Å². The maximum atomic E-state index is 14.7. The Labute approximate surface area is 283 Å². The number of nitrogens with zero attached hydrogens (tertiary/aromatic N) is 2. The summed E-state index contributed by atoms with van der Waals surface area (Å²) < 4.78 is 42.4. The maximum Gasteiger partial charge on any atom is 0.147 e. The van der Waals surface area contributed by atoms with Crippen LogP contribution < -0.4 is 0 Å². The van der Waals surface area contributed by atoms with Crippen molar-refractivity contribution in [1.82, 2.24) is 9.55 Å². The highest BCUT2D eigenvalue weighted by atomic mass is 32.1.